The summed E-state index contributed by atoms with van der Waals surface area (Å²) in [6.45, 7) is 1.23. The number of rotatable bonds is 5. The van der Waals surface area contributed by atoms with E-state index in [1.165, 1.54) is 0 Å². The fourth-order valence-corrected chi connectivity index (χ4v) is 3.18. The minimum Gasteiger partial charge on any atom is -0.497 e. The van der Waals surface area contributed by atoms with Gasteiger partial charge in [-0.3, -0.25) is 9.59 Å². The Morgan fingerprint density at radius 1 is 0.926 bits per heavy atom. The number of carbonyl (C=O) groups is 2. The lowest BCUT2D eigenvalue weighted by Crippen LogP contribution is -2.46. The maximum atomic E-state index is 12.6. The van der Waals surface area contributed by atoms with Crippen LogP contribution < -0.4 is 14.8 Å². The van der Waals surface area contributed by atoms with Gasteiger partial charge >= 0.3 is 0 Å². The van der Waals surface area contributed by atoms with Gasteiger partial charge in [0.15, 0.2) is 0 Å². The lowest BCUT2D eigenvalue weighted by Gasteiger charge is -2.32. The molecule has 1 saturated heterocycles. The molecule has 0 spiro atoms. The summed E-state index contributed by atoms with van der Waals surface area (Å²) >= 11 is 0. The van der Waals surface area contributed by atoms with Crippen LogP contribution in [0.15, 0.2) is 48.5 Å². The van der Waals surface area contributed by atoms with Gasteiger partial charge in [-0.1, -0.05) is 6.07 Å². The highest BCUT2D eigenvalue weighted by Crippen LogP contribution is 2.18. The molecule has 2 aromatic rings. The molecule has 0 saturated carbocycles. The van der Waals surface area contributed by atoms with E-state index in [1.807, 2.05) is 17.0 Å². The first kappa shape index (κ1) is 18.8. The Kier molecular flexibility index (Phi) is 5.96. The van der Waals surface area contributed by atoms with Crippen LogP contribution in [0.4, 0.5) is 0 Å². The van der Waals surface area contributed by atoms with Gasteiger partial charge in [0.05, 0.1) is 14.2 Å². The zero-order chi connectivity index (χ0) is 19.2. The van der Waals surface area contributed by atoms with E-state index >= 15 is 0 Å². The summed E-state index contributed by atoms with van der Waals surface area (Å²) in [6.07, 6.45) is 1.47. The van der Waals surface area contributed by atoms with E-state index in [9.17, 15) is 9.59 Å². The molecule has 1 heterocycles. The number of nitrogens with zero attached hydrogens (tertiary/aromatic N) is 1. The van der Waals surface area contributed by atoms with E-state index in [1.54, 1.807) is 50.6 Å². The first-order chi connectivity index (χ1) is 13.1. The smallest absolute Gasteiger partial charge is 0.253 e. The van der Waals surface area contributed by atoms with Gasteiger partial charge in [-0.15, -0.1) is 0 Å². The van der Waals surface area contributed by atoms with Crippen molar-refractivity contribution < 1.29 is 19.1 Å². The summed E-state index contributed by atoms with van der Waals surface area (Å²) < 4.78 is 10.3. The normalized spacial score (nSPS) is 14.5. The molecule has 6 nitrogen and oxygen atoms in total. The number of carbonyl (C=O) groups excluding carboxylic acids is 2. The molecule has 142 valence electrons. The third-order valence-corrected chi connectivity index (χ3v) is 4.79. The average molecular weight is 368 g/mol. The number of nitrogens with one attached hydrogen (secondary N) is 1. The quantitative estimate of drug-likeness (QED) is 0.881. The molecule has 0 unspecified atom stereocenters. The summed E-state index contributed by atoms with van der Waals surface area (Å²) in [6, 6.07) is 14.3. The number of ether oxygens (including phenoxy) is 2. The molecular formula is C21H24N2O4. The van der Waals surface area contributed by atoms with E-state index in [4.69, 9.17) is 9.47 Å². The van der Waals surface area contributed by atoms with Crippen molar-refractivity contribution in [3.63, 3.8) is 0 Å². The van der Waals surface area contributed by atoms with E-state index in [0.29, 0.717) is 30.0 Å². The predicted molar refractivity (Wildman–Crippen MR) is 102 cm³/mol. The maximum Gasteiger partial charge on any atom is 0.253 e. The SMILES string of the molecule is COc1ccc(C(=O)NC2CCN(C(=O)c3cccc(OC)c3)CC2)cc1. The molecule has 1 aliphatic heterocycles. The second-order valence-corrected chi connectivity index (χ2v) is 6.50. The Balaban J connectivity index is 1.53. The van der Waals surface area contributed by atoms with E-state index in [0.717, 1.165) is 18.6 Å². The summed E-state index contributed by atoms with van der Waals surface area (Å²) in [5, 5.41) is 3.05. The van der Waals surface area contributed by atoms with Gasteiger partial charge in [-0.2, -0.15) is 0 Å². The van der Waals surface area contributed by atoms with E-state index < -0.39 is 0 Å². The average Bonchev–Trinajstić information content (AvgIpc) is 2.74. The first-order valence-corrected chi connectivity index (χ1v) is 8.99. The van der Waals surface area contributed by atoms with Crippen LogP contribution in [0.3, 0.4) is 0 Å². The van der Waals surface area contributed by atoms with E-state index in [-0.39, 0.29) is 17.9 Å². The van der Waals surface area contributed by atoms with Crippen molar-refractivity contribution in [3.05, 3.63) is 59.7 Å². The van der Waals surface area contributed by atoms with Gasteiger partial charge in [0.2, 0.25) is 0 Å². The third-order valence-electron chi connectivity index (χ3n) is 4.79. The molecule has 0 atom stereocenters. The number of piperidine rings is 1. The van der Waals surface area contributed by atoms with Gasteiger partial charge in [-0.05, 0) is 55.3 Å². The summed E-state index contributed by atoms with van der Waals surface area (Å²) in [5.41, 5.74) is 1.22. The van der Waals surface area contributed by atoms with Crippen molar-refractivity contribution in [2.45, 2.75) is 18.9 Å². The number of likely N-dealkylation sites (tertiary alicyclic amines) is 1. The number of benzene rings is 2. The third kappa shape index (κ3) is 4.58. The molecule has 1 fully saturated rings. The number of amides is 2. The zero-order valence-electron chi connectivity index (χ0n) is 15.6. The Bertz CT molecular complexity index is 796. The molecule has 1 aliphatic rings. The number of hydrogen-bond acceptors (Lipinski definition) is 4. The second kappa shape index (κ2) is 8.58. The minimum atomic E-state index is -0.102. The summed E-state index contributed by atoms with van der Waals surface area (Å²) in [5.74, 6) is 1.28. The van der Waals surface area contributed by atoms with Crippen molar-refractivity contribution in [3.8, 4) is 11.5 Å². The Labute approximate surface area is 159 Å². The molecule has 2 aromatic carbocycles. The standard InChI is InChI=1S/C21H24N2O4/c1-26-18-8-6-15(7-9-18)20(24)22-17-10-12-23(13-11-17)21(25)16-4-3-5-19(14-16)27-2/h3-9,14,17H,10-13H2,1-2H3,(H,22,24). The van der Waals surface area contributed by atoms with Crippen LogP contribution in [0.25, 0.3) is 0 Å². The van der Waals surface area contributed by atoms with Crippen molar-refractivity contribution >= 4 is 11.8 Å². The summed E-state index contributed by atoms with van der Waals surface area (Å²) in [7, 11) is 3.18. The van der Waals surface area contributed by atoms with Crippen LogP contribution >= 0.6 is 0 Å². The lowest BCUT2D eigenvalue weighted by molar-refractivity contribution is 0.0697. The van der Waals surface area contributed by atoms with Crippen LogP contribution in [0.1, 0.15) is 33.6 Å². The van der Waals surface area contributed by atoms with Gasteiger partial charge < -0.3 is 19.7 Å². The minimum absolute atomic E-state index is 0.00571. The van der Waals surface area contributed by atoms with Crippen molar-refractivity contribution in [2.75, 3.05) is 27.3 Å². The van der Waals surface area contributed by atoms with Gasteiger partial charge in [-0.25, -0.2) is 0 Å². The van der Waals surface area contributed by atoms with Crippen molar-refractivity contribution in [1.82, 2.24) is 10.2 Å². The van der Waals surface area contributed by atoms with Crippen molar-refractivity contribution in [1.29, 1.82) is 0 Å². The largest absolute Gasteiger partial charge is 0.497 e. The van der Waals surface area contributed by atoms with Gasteiger partial charge in [0.25, 0.3) is 11.8 Å². The zero-order valence-corrected chi connectivity index (χ0v) is 15.6. The number of hydrogen-bond donors (Lipinski definition) is 1. The topological polar surface area (TPSA) is 67.9 Å². The monoisotopic (exact) mass is 368 g/mol. The highest BCUT2D eigenvalue weighted by Gasteiger charge is 2.25. The Hall–Kier alpha value is -3.02. The fraction of sp³-hybridized carbons (Fsp3) is 0.333. The Morgan fingerprint density at radius 2 is 1.59 bits per heavy atom. The highest BCUT2D eigenvalue weighted by molar-refractivity contribution is 5.95. The molecule has 0 aliphatic carbocycles. The van der Waals surface area contributed by atoms with Crippen LogP contribution in [0.2, 0.25) is 0 Å². The maximum absolute atomic E-state index is 12.6. The Morgan fingerprint density at radius 3 is 2.22 bits per heavy atom. The fourth-order valence-electron chi connectivity index (χ4n) is 3.18. The second-order valence-electron chi connectivity index (χ2n) is 6.50. The molecule has 1 N–H and O–H groups in total. The lowest BCUT2D eigenvalue weighted by atomic mass is 10.0. The molecule has 3 rings (SSSR count). The molecule has 0 bridgehead atoms. The van der Waals surface area contributed by atoms with Crippen LogP contribution in [-0.2, 0) is 0 Å². The molecule has 6 heteroatoms. The molecule has 2 amide bonds. The van der Waals surface area contributed by atoms with Crippen molar-refractivity contribution in [2.24, 2.45) is 0 Å². The van der Waals surface area contributed by atoms with Gasteiger partial charge in [0, 0.05) is 30.3 Å². The predicted octanol–water partition coefficient (Wildman–Crippen LogP) is 2.74. The van der Waals surface area contributed by atoms with Crippen LogP contribution in [0, 0.1) is 0 Å². The molecule has 0 aromatic heterocycles. The first-order valence-electron chi connectivity index (χ1n) is 8.99. The molecule has 27 heavy (non-hydrogen) atoms. The molecular weight excluding hydrogens is 344 g/mol. The van der Waals surface area contributed by atoms with Gasteiger partial charge in [0.1, 0.15) is 11.5 Å². The molecule has 0 radical (unpaired) electrons. The number of methoxy groups -OCH3 is 2. The highest BCUT2D eigenvalue weighted by atomic mass is 16.5. The van der Waals surface area contributed by atoms with E-state index in [2.05, 4.69) is 5.32 Å². The van der Waals surface area contributed by atoms with Crippen LogP contribution in [0.5, 0.6) is 11.5 Å². The summed E-state index contributed by atoms with van der Waals surface area (Å²) in [4.78, 5) is 26.8. The van der Waals surface area contributed by atoms with Crippen LogP contribution in [-0.4, -0.2) is 50.1 Å².